The van der Waals surface area contributed by atoms with Crippen LogP contribution in [0.3, 0.4) is 0 Å². The van der Waals surface area contributed by atoms with E-state index >= 15 is 0 Å². The minimum absolute atomic E-state index is 0.254. The molecule has 2 aromatic rings. The van der Waals surface area contributed by atoms with Crippen LogP contribution in [0.15, 0.2) is 36.7 Å². The van der Waals surface area contributed by atoms with Gasteiger partial charge in [0.25, 0.3) is 0 Å². The second kappa shape index (κ2) is 3.56. The number of hydrogen-bond acceptors (Lipinski definition) is 2. The number of rotatable bonds is 2. The lowest BCUT2D eigenvalue weighted by molar-refractivity contribution is 0.253. The average molecular weight is 212 g/mol. The highest BCUT2D eigenvalue weighted by molar-refractivity contribution is 5.82. The second-order valence-corrected chi connectivity index (χ2v) is 4.78. The molecule has 2 N–H and O–H groups in total. The highest BCUT2D eigenvalue weighted by Gasteiger charge is 2.37. The molecule has 0 spiro atoms. The Morgan fingerprint density at radius 1 is 1.19 bits per heavy atom. The molecule has 1 aromatic carbocycles. The van der Waals surface area contributed by atoms with Crippen LogP contribution in [0.25, 0.3) is 10.8 Å². The van der Waals surface area contributed by atoms with Crippen LogP contribution < -0.4 is 5.73 Å². The van der Waals surface area contributed by atoms with Gasteiger partial charge in [-0.25, -0.2) is 0 Å². The molecule has 0 atom stereocenters. The molecule has 1 saturated carbocycles. The summed E-state index contributed by atoms with van der Waals surface area (Å²) in [6.45, 7) is 0.763. The quantitative estimate of drug-likeness (QED) is 0.831. The molecule has 0 aliphatic heterocycles. The summed E-state index contributed by atoms with van der Waals surface area (Å²) in [5.41, 5.74) is 7.57. The van der Waals surface area contributed by atoms with Gasteiger partial charge in [0.2, 0.25) is 0 Å². The molecule has 0 bridgehead atoms. The van der Waals surface area contributed by atoms with E-state index in [1.54, 1.807) is 0 Å². The van der Waals surface area contributed by atoms with Crippen LogP contribution in [-0.4, -0.2) is 11.5 Å². The number of pyridine rings is 1. The van der Waals surface area contributed by atoms with Crippen LogP contribution in [0.2, 0.25) is 0 Å². The Bertz CT molecular complexity index is 509. The summed E-state index contributed by atoms with van der Waals surface area (Å²) in [7, 11) is 0. The molecule has 0 unspecified atom stereocenters. The molecule has 1 fully saturated rings. The molecule has 1 aliphatic rings. The van der Waals surface area contributed by atoms with E-state index in [2.05, 4.69) is 29.2 Å². The molecule has 0 amide bonds. The summed E-state index contributed by atoms with van der Waals surface area (Å²) in [5.74, 6) is 0. The number of fused-ring (bicyclic) bond motifs is 1. The van der Waals surface area contributed by atoms with Gasteiger partial charge in [-0.15, -0.1) is 0 Å². The van der Waals surface area contributed by atoms with E-state index in [1.807, 2.05) is 12.4 Å². The van der Waals surface area contributed by atoms with Crippen LogP contribution in [0, 0.1) is 0 Å². The lowest BCUT2D eigenvalue weighted by atomic mass is 9.64. The molecule has 0 radical (unpaired) electrons. The zero-order valence-corrected chi connectivity index (χ0v) is 9.32. The van der Waals surface area contributed by atoms with Crippen molar-refractivity contribution in [1.29, 1.82) is 0 Å². The van der Waals surface area contributed by atoms with Crippen LogP contribution in [0.5, 0.6) is 0 Å². The van der Waals surface area contributed by atoms with Crippen molar-refractivity contribution in [1.82, 2.24) is 4.98 Å². The normalized spacial score (nSPS) is 18.3. The largest absolute Gasteiger partial charge is 0.330 e. The summed E-state index contributed by atoms with van der Waals surface area (Å²) in [6.07, 6.45) is 7.54. The van der Waals surface area contributed by atoms with Crippen molar-refractivity contribution in [2.45, 2.75) is 24.7 Å². The highest BCUT2D eigenvalue weighted by atomic mass is 14.6. The monoisotopic (exact) mass is 212 g/mol. The summed E-state index contributed by atoms with van der Waals surface area (Å²) in [6, 6.07) is 8.72. The van der Waals surface area contributed by atoms with Gasteiger partial charge in [0.1, 0.15) is 0 Å². The Balaban J connectivity index is 2.11. The smallest absolute Gasteiger partial charge is 0.0346 e. The zero-order valence-electron chi connectivity index (χ0n) is 9.32. The van der Waals surface area contributed by atoms with Crippen molar-refractivity contribution in [3.05, 3.63) is 42.2 Å². The fraction of sp³-hybridized carbons (Fsp3) is 0.357. The maximum atomic E-state index is 5.93. The molecule has 1 heterocycles. The fourth-order valence-corrected chi connectivity index (χ4v) is 2.63. The van der Waals surface area contributed by atoms with E-state index in [0.29, 0.717) is 0 Å². The van der Waals surface area contributed by atoms with E-state index in [-0.39, 0.29) is 5.41 Å². The standard InChI is InChI=1S/C14H16N2/c15-10-14(5-1-6-14)13-3-2-11-4-7-16-9-12(11)8-13/h2-4,7-9H,1,5-6,10,15H2. The second-order valence-electron chi connectivity index (χ2n) is 4.78. The first-order valence-corrected chi connectivity index (χ1v) is 5.88. The molecule has 0 saturated heterocycles. The molecule has 3 rings (SSSR count). The maximum absolute atomic E-state index is 5.93. The van der Waals surface area contributed by atoms with Gasteiger partial charge < -0.3 is 5.73 Å². The third kappa shape index (κ3) is 1.34. The van der Waals surface area contributed by atoms with E-state index < -0.39 is 0 Å². The SMILES string of the molecule is NCC1(c2ccc3ccncc3c2)CCC1. The molecule has 82 valence electrons. The minimum atomic E-state index is 0.254. The molecular weight excluding hydrogens is 196 g/mol. The third-order valence-electron chi connectivity index (χ3n) is 3.95. The Hall–Kier alpha value is -1.41. The molecule has 2 nitrogen and oxygen atoms in total. The number of nitrogens with two attached hydrogens (primary N) is 1. The minimum Gasteiger partial charge on any atom is -0.330 e. The predicted octanol–water partition coefficient (Wildman–Crippen LogP) is 2.62. The van der Waals surface area contributed by atoms with Gasteiger partial charge in [-0.05, 0) is 35.9 Å². The maximum Gasteiger partial charge on any atom is 0.0346 e. The van der Waals surface area contributed by atoms with Crippen molar-refractivity contribution in [3.63, 3.8) is 0 Å². The van der Waals surface area contributed by atoms with E-state index in [4.69, 9.17) is 5.73 Å². The number of benzene rings is 1. The first-order chi connectivity index (χ1) is 7.84. The first-order valence-electron chi connectivity index (χ1n) is 5.88. The Morgan fingerprint density at radius 3 is 2.75 bits per heavy atom. The van der Waals surface area contributed by atoms with Crippen molar-refractivity contribution in [2.75, 3.05) is 6.54 Å². The van der Waals surface area contributed by atoms with Crippen LogP contribution in [-0.2, 0) is 5.41 Å². The van der Waals surface area contributed by atoms with Crippen LogP contribution in [0.1, 0.15) is 24.8 Å². The van der Waals surface area contributed by atoms with Gasteiger partial charge in [-0.1, -0.05) is 18.6 Å². The van der Waals surface area contributed by atoms with Gasteiger partial charge in [-0.3, -0.25) is 4.98 Å². The van der Waals surface area contributed by atoms with Crippen molar-refractivity contribution in [3.8, 4) is 0 Å². The number of aromatic nitrogens is 1. The summed E-state index contributed by atoms with van der Waals surface area (Å²) in [5, 5.41) is 2.48. The van der Waals surface area contributed by atoms with Crippen molar-refractivity contribution >= 4 is 10.8 Å². The van der Waals surface area contributed by atoms with E-state index in [1.165, 1.54) is 35.6 Å². The van der Waals surface area contributed by atoms with Crippen LogP contribution in [0.4, 0.5) is 0 Å². The number of nitrogens with zero attached hydrogens (tertiary/aromatic N) is 1. The Morgan fingerprint density at radius 2 is 2.06 bits per heavy atom. The van der Waals surface area contributed by atoms with Gasteiger partial charge in [0.15, 0.2) is 0 Å². The lowest BCUT2D eigenvalue weighted by Gasteiger charge is -2.41. The van der Waals surface area contributed by atoms with E-state index in [9.17, 15) is 0 Å². The summed E-state index contributed by atoms with van der Waals surface area (Å²) < 4.78 is 0. The van der Waals surface area contributed by atoms with Gasteiger partial charge in [0, 0.05) is 29.7 Å². The summed E-state index contributed by atoms with van der Waals surface area (Å²) >= 11 is 0. The topological polar surface area (TPSA) is 38.9 Å². The average Bonchev–Trinajstić information content (AvgIpc) is 2.28. The molecule has 1 aromatic heterocycles. The van der Waals surface area contributed by atoms with Gasteiger partial charge in [-0.2, -0.15) is 0 Å². The number of hydrogen-bond donors (Lipinski definition) is 1. The molecule has 16 heavy (non-hydrogen) atoms. The molecule has 2 heteroatoms. The van der Waals surface area contributed by atoms with Crippen LogP contribution >= 0.6 is 0 Å². The first kappa shape index (κ1) is 9.79. The Labute approximate surface area is 95.5 Å². The molecular formula is C14H16N2. The van der Waals surface area contributed by atoms with Crippen molar-refractivity contribution in [2.24, 2.45) is 5.73 Å². The summed E-state index contributed by atoms with van der Waals surface area (Å²) in [4.78, 5) is 4.17. The van der Waals surface area contributed by atoms with Gasteiger partial charge in [0.05, 0.1) is 0 Å². The highest BCUT2D eigenvalue weighted by Crippen LogP contribution is 2.43. The van der Waals surface area contributed by atoms with Gasteiger partial charge >= 0.3 is 0 Å². The van der Waals surface area contributed by atoms with E-state index in [0.717, 1.165) is 6.54 Å². The van der Waals surface area contributed by atoms with Crippen molar-refractivity contribution < 1.29 is 0 Å². The lowest BCUT2D eigenvalue weighted by Crippen LogP contribution is -2.41. The molecule has 1 aliphatic carbocycles. The third-order valence-corrected chi connectivity index (χ3v) is 3.95. The fourth-order valence-electron chi connectivity index (χ4n) is 2.63. The zero-order chi connectivity index (χ0) is 11.0. The Kier molecular flexibility index (Phi) is 2.18. The predicted molar refractivity (Wildman–Crippen MR) is 66.3 cm³/mol.